The van der Waals surface area contributed by atoms with Crippen molar-refractivity contribution in [2.24, 2.45) is 10.8 Å². The maximum Gasteiger partial charge on any atom is 0.227 e. The van der Waals surface area contributed by atoms with Crippen LogP contribution in [-0.2, 0) is 4.79 Å². The normalized spacial score (nSPS) is 29.6. The van der Waals surface area contributed by atoms with Gasteiger partial charge in [-0.2, -0.15) is 0 Å². The number of carbonyl (C=O) groups is 1. The fourth-order valence-electron chi connectivity index (χ4n) is 3.71. The van der Waals surface area contributed by atoms with Crippen LogP contribution in [0.2, 0.25) is 0 Å². The molecule has 4 nitrogen and oxygen atoms in total. The van der Waals surface area contributed by atoms with Gasteiger partial charge >= 0.3 is 0 Å². The molecule has 1 unspecified atom stereocenters. The zero-order valence-corrected chi connectivity index (χ0v) is 12.1. The molecule has 19 heavy (non-hydrogen) atoms. The highest BCUT2D eigenvalue weighted by molar-refractivity contribution is 5.83. The maximum atomic E-state index is 12.5. The number of aliphatic hydroxyl groups is 1. The molecule has 1 aliphatic heterocycles. The monoisotopic (exact) mass is 268 g/mol. The lowest BCUT2D eigenvalue weighted by atomic mass is 9.80. The van der Waals surface area contributed by atoms with Gasteiger partial charge in [-0.1, -0.05) is 26.2 Å². The number of amides is 1. The van der Waals surface area contributed by atoms with Crippen LogP contribution in [0.1, 0.15) is 51.9 Å². The van der Waals surface area contributed by atoms with Crippen LogP contribution in [0.4, 0.5) is 0 Å². The van der Waals surface area contributed by atoms with E-state index in [0.29, 0.717) is 6.54 Å². The molecule has 3 N–H and O–H groups in total. The van der Waals surface area contributed by atoms with Crippen molar-refractivity contribution in [3.05, 3.63) is 0 Å². The Morgan fingerprint density at radius 3 is 2.58 bits per heavy atom. The highest BCUT2D eigenvalue weighted by Gasteiger charge is 2.41. The summed E-state index contributed by atoms with van der Waals surface area (Å²) >= 11 is 0. The molecule has 1 atom stereocenters. The summed E-state index contributed by atoms with van der Waals surface area (Å²) in [4.78, 5) is 12.5. The fourth-order valence-corrected chi connectivity index (χ4v) is 3.71. The lowest BCUT2D eigenvalue weighted by molar-refractivity contribution is -0.131. The predicted octanol–water partition coefficient (Wildman–Crippen LogP) is 1.44. The van der Waals surface area contributed by atoms with Crippen molar-refractivity contribution in [2.75, 3.05) is 26.2 Å². The zero-order chi connectivity index (χ0) is 13.8. The third kappa shape index (κ3) is 3.11. The van der Waals surface area contributed by atoms with Crippen molar-refractivity contribution in [2.45, 2.75) is 51.9 Å². The number of hydrogen-bond acceptors (Lipinski definition) is 3. The molecule has 0 bridgehead atoms. The molecule has 1 saturated heterocycles. The number of nitrogens with one attached hydrogen (secondary N) is 2. The Hall–Kier alpha value is -0.610. The molecule has 0 radical (unpaired) electrons. The van der Waals surface area contributed by atoms with Gasteiger partial charge in [0.15, 0.2) is 0 Å². The molecule has 2 fully saturated rings. The third-order valence-electron chi connectivity index (χ3n) is 5.08. The van der Waals surface area contributed by atoms with Gasteiger partial charge in [0, 0.05) is 18.5 Å². The molecule has 1 aliphatic carbocycles. The van der Waals surface area contributed by atoms with Gasteiger partial charge in [0.2, 0.25) is 5.91 Å². The third-order valence-corrected chi connectivity index (χ3v) is 5.08. The summed E-state index contributed by atoms with van der Waals surface area (Å²) in [6, 6.07) is 0. The van der Waals surface area contributed by atoms with Gasteiger partial charge in [-0.05, 0) is 32.2 Å². The second-order valence-corrected chi connectivity index (χ2v) is 6.51. The van der Waals surface area contributed by atoms with E-state index in [1.165, 1.54) is 12.8 Å². The highest BCUT2D eigenvalue weighted by atomic mass is 16.3. The lowest BCUT2D eigenvalue weighted by Crippen LogP contribution is -2.47. The quantitative estimate of drug-likeness (QED) is 0.683. The second kappa shape index (κ2) is 6.23. The van der Waals surface area contributed by atoms with Gasteiger partial charge in [-0.25, -0.2) is 0 Å². The maximum absolute atomic E-state index is 12.5. The molecule has 2 rings (SSSR count). The summed E-state index contributed by atoms with van der Waals surface area (Å²) in [5.41, 5.74) is -0.251. The van der Waals surface area contributed by atoms with E-state index in [9.17, 15) is 9.90 Å². The van der Waals surface area contributed by atoms with Gasteiger partial charge in [-0.3, -0.25) is 4.79 Å². The van der Waals surface area contributed by atoms with Gasteiger partial charge in [-0.15, -0.1) is 0 Å². The summed E-state index contributed by atoms with van der Waals surface area (Å²) < 4.78 is 0. The van der Waals surface area contributed by atoms with E-state index < -0.39 is 0 Å². The molecule has 110 valence electrons. The van der Waals surface area contributed by atoms with Crippen molar-refractivity contribution in [1.82, 2.24) is 10.6 Å². The van der Waals surface area contributed by atoms with Crippen molar-refractivity contribution < 1.29 is 9.90 Å². The molecule has 0 aromatic heterocycles. The van der Waals surface area contributed by atoms with Crippen molar-refractivity contribution in [1.29, 1.82) is 0 Å². The average Bonchev–Trinajstić information content (AvgIpc) is 3.07. The molecule has 0 spiro atoms. The van der Waals surface area contributed by atoms with Gasteiger partial charge in [0.1, 0.15) is 0 Å². The van der Waals surface area contributed by atoms with Gasteiger partial charge < -0.3 is 15.7 Å². The predicted molar refractivity (Wildman–Crippen MR) is 75.8 cm³/mol. The summed E-state index contributed by atoms with van der Waals surface area (Å²) in [7, 11) is 0. The van der Waals surface area contributed by atoms with E-state index in [1.54, 1.807) is 0 Å². The number of hydrogen-bond donors (Lipinski definition) is 3. The van der Waals surface area contributed by atoms with Crippen LogP contribution < -0.4 is 10.6 Å². The molecule has 1 amide bonds. The van der Waals surface area contributed by atoms with E-state index in [-0.39, 0.29) is 23.3 Å². The van der Waals surface area contributed by atoms with Crippen molar-refractivity contribution >= 4 is 5.91 Å². The standard InChI is InChI=1S/C15H28N2O2/c1-2-5-15(8-9-16-11-15)13(19)17-10-14(12-18)6-3-4-7-14/h16,18H,2-12H2,1H3,(H,17,19). The summed E-state index contributed by atoms with van der Waals surface area (Å²) in [5, 5.41) is 16.1. The van der Waals surface area contributed by atoms with Crippen LogP contribution in [-0.4, -0.2) is 37.3 Å². The van der Waals surface area contributed by atoms with E-state index >= 15 is 0 Å². The van der Waals surface area contributed by atoms with Crippen LogP contribution in [0.25, 0.3) is 0 Å². The SMILES string of the molecule is CCCC1(C(=O)NCC2(CO)CCCC2)CCNC1. The molecule has 0 aromatic carbocycles. The molecule has 2 aliphatic rings. The van der Waals surface area contributed by atoms with E-state index in [4.69, 9.17) is 0 Å². The first-order valence-electron chi connectivity index (χ1n) is 7.76. The average molecular weight is 268 g/mol. The molecule has 0 aromatic rings. The summed E-state index contributed by atoms with van der Waals surface area (Å²) in [5.74, 6) is 0.194. The minimum atomic E-state index is -0.204. The minimum Gasteiger partial charge on any atom is -0.396 e. The molecule has 4 heteroatoms. The Morgan fingerprint density at radius 2 is 2.05 bits per heavy atom. The first-order valence-corrected chi connectivity index (χ1v) is 7.76. The van der Waals surface area contributed by atoms with Gasteiger partial charge in [0.25, 0.3) is 0 Å². The van der Waals surface area contributed by atoms with Crippen LogP contribution >= 0.6 is 0 Å². The molecule has 1 heterocycles. The molecule has 1 saturated carbocycles. The number of rotatable bonds is 6. The largest absolute Gasteiger partial charge is 0.396 e. The Labute approximate surface area is 116 Å². The Balaban J connectivity index is 1.92. The number of carbonyl (C=O) groups excluding carboxylic acids is 1. The van der Waals surface area contributed by atoms with Gasteiger partial charge in [0.05, 0.1) is 12.0 Å². The number of aliphatic hydroxyl groups excluding tert-OH is 1. The molecular formula is C15H28N2O2. The minimum absolute atomic E-state index is 0.0465. The Kier molecular flexibility index (Phi) is 4.85. The van der Waals surface area contributed by atoms with E-state index in [0.717, 1.165) is 45.2 Å². The van der Waals surface area contributed by atoms with E-state index in [1.807, 2.05) is 0 Å². The van der Waals surface area contributed by atoms with Crippen molar-refractivity contribution in [3.63, 3.8) is 0 Å². The second-order valence-electron chi connectivity index (χ2n) is 6.51. The summed E-state index contributed by atoms with van der Waals surface area (Å²) in [6.45, 7) is 4.73. The first-order chi connectivity index (χ1) is 9.16. The van der Waals surface area contributed by atoms with Crippen molar-refractivity contribution in [3.8, 4) is 0 Å². The lowest BCUT2D eigenvalue weighted by Gasteiger charge is -2.31. The van der Waals surface area contributed by atoms with Crippen LogP contribution in [0, 0.1) is 10.8 Å². The Morgan fingerprint density at radius 1 is 1.32 bits per heavy atom. The fraction of sp³-hybridized carbons (Fsp3) is 0.933. The Bertz CT molecular complexity index is 305. The van der Waals surface area contributed by atoms with Crippen LogP contribution in [0.5, 0.6) is 0 Å². The topological polar surface area (TPSA) is 61.4 Å². The first kappa shape index (κ1) is 14.8. The van der Waals surface area contributed by atoms with E-state index in [2.05, 4.69) is 17.6 Å². The van der Waals surface area contributed by atoms with Crippen LogP contribution in [0.3, 0.4) is 0 Å². The summed E-state index contributed by atoms with van der Waals surface area (Å²) in [6.07, 6.45) is 7.39. The zero-order valence-electron chi connectivity index (χ0n) is 12.1. The highest BCUT2D eigenvalue weighted by Crippen LogP contribution is 2.37. The molecular weight excluding hydrogens is 240 g/mol. The van der Waals surface area contributed by atoms with Crippen LogP contribution in [0.15, 0.2) is 0 Å². The smallest absolute Gasteiger partial charge is 0.227 e.